The second-order valence-electron chi connectivity index (χ2n) is 3.54. The summed E-state index contributed by atoms with van der Waals surface area (Å²) in [5, 5.41) is 0.551. The van der Waals surface area contributed by atoms with Crippen molar-refractivity contribution >= 4 is 45.4 Å². The molecule has 0 bridgehead atoms. The molecular formula is C13H11BrClFO3. The fourth-order valence-electron chi connectivity index (χ4n) is 1.17. The molecule has 1 aromatic carbocycles. The van der Waals surface area contributed by atoms with Crippen molar-refractivity contribution in [2.75, 3.05) is 6.61 Å². The highest BCUT2D eigenvalue weighted by atomic mass is 79.9. The molecule has 0 aliphatic rings. The number of hydrogen-bond acceptors (Lipinski definition) is 3. The third kappa shape index (κ3) is 4.44. The average Bonchev–Trinajstić information content (AvgIpc) is 2.37. The van der Waals surface area contributed by atoms with Crippen LogP contribution in [0.15, 0.2) is 30.3 Å². The van der Waals surface area contributed by atoms with Gasteiger partial charge >= 0.3 is 10.5 Å². The lowest BCUT2D eigenvalue weighted by Crippen LogP contribution is -2.36. The van der Waals surface area contributed by atoms with Crippen LogP contribution in [-0.2, 0) is 14.3 Å². The summed E-state index contributed by atoms with van der Waals surface area (Å²) in [6.45, 7) is 1.51. The normalized spacial score (nSPS) is 14.1. The number of alkyl halides is 2. The predicted octanol–water partition coefficient (Wildman–Crippen LogP) is 3.55. The Balaban J connectivity index is 2.78. The molecule has 0 fully saturated rings. The maximum Gasteiger partial charge on any atom is 0.363 e. The third-order valence-electron chi connectivity index (χ3n) is 2.14. The maximum atomic E-state index is 13.9. The summed E-state index contributed by atoms with van der Waals surface area (Å²) in [5.41, 5.74) is 0.657. The van der Waals surface area contributed by atoms with E-state index >= 15 is 0 Å². The van der Waals surface area contributed by atoms with Gasteiger partial charge in [-0.15, -0.1) is 0 Å². The zero-order valence-corrected chi connectivity index (χ0v) is 12.4. The van der Waals surface area contributed by atoms with Crippen molar-refractivity contribution in [1.82, 2.24) is 0 Å². The highest BCUT2D eigenvalue weighted by Gasteiger charge is 2.43. The molecule has 0 radical (unpaired) electrons. The van der Waals surface area contributed by atoms with Gasteiger partial charge in [0.15, 0.2) is 0 Å². The van der Waals surface area contributed by atoms with Gasteiger partial charge in [0, 0.05) is 5.02 Å². The van der Waals surface area contributed by atoms with Crippen molar-refractivity contribution in [3.8, 4) is 0 Å². The molecule has 1 aromatic rings. The number of benzene rings is 1. The quantitative estimate of drug-likeness (QED) is 0.353. The van der Waals surface area contributed by atoms with Gasteiger partial charge in [0.1, 0.15) is 0 Å². The van der Waals surface area contributed by atoms with Crippen molar-refractivity contribution in [3.63, 3.8) is 0 Å². The molecular weight excluding hydrogens is 338 g/mol. The van der Waals surface area contributed by atoms with E-state index in [1.165, 1.54) is 13.0 Å². The van der Waals surface area contributed by atoms with Gasteiger partial charge < -0.3 is 4.74 Å². The molecule has 0 heterocycles. The Bertz CT molecular complexity index is 497. The van der Waals surface area contributed by atoms with Gasteiger partial charge in [-0.05, 0) is 46.6 Å². The van der Waals surface area contributed by atoms with Gasteiger partial charge in [-0.1, -0.05) is 29.8 Å². The molecule has 0 saturated heterocycles. The van der Waals surface area contributed by atoms with Crippen LogP contribution in [0.5, 0.6) is 0 Å². The van der Waals surface area contributed by atoms with Crippen molar-refractivity contribution in [2.45, 2.75) is 11.5 Å². The van der Waals surface area contributed by atoms with Gasteiger partial charge in [-0.2, -0.15) is 0 Å². The second-order valence-corrected chi connectivity index (χ2v) is 5.07. The zero-order valence-electron chi connectivity index (χ0n) is 10.0. The number of esters is 1. The summed E-state index contributed by atoms with van der Waals surface area (Å²) in [6.07, 6.45) is 2.35. The molecule has 0 saturated carbocycles. The Morgan fingerprint density at radius 3 is 2.53 bits per heavy atom. The van der Waals surface area contributed by atoms with E-state index < -0.39 is 16.3 Å². The lowest BCUT2D eigenvalue weighted by atomic mass is 10.1. The van der Waals surface area contributed by atoms with Crippen LogP contribution in [0.3, 0.4) is 0 Å². The van der Waals surface area contributed by atoms with E-state index in [0.29, 0.717) is 10.6 Å². The first-order valence-corrected chi connectivity index (χ1v) is 6.58. The molecule has 0 aliphatic carbocycles. The van der Waals surface area contributed by atoms with E-state index in [4.69, 9.17) is 11.6 Å². The number of ketones is 1. The van der Waals surface area contributed by atoms with Crippen LogP contribution in [0.1, 0.15) is 12.5 Å². The van der Waals surface area contributed by atoms with Crippen LogP contribution >= 0.6 is 27.5 Å². The molecule has 102 valence electrons. The van der Waals surface area contributed by atoms with Crippen LogP contribution in [0.25, 0.3) is 6.08 Å². The first-order valence-electron chi connectivity index (χ1n) is 5.41. The monoisotopic (exact) mass is 348 g/mol. The van der Waals surface area contributed by atoms with Crippen molar-refractivity contribution in [2.24, 2.45) is 0 Å². The van der Waals surface area contributed by atoms with Crippen LogP contribution in [0.2, 0.25) is 5.02 Å². The predicted molar refractivity (Wildman–Crippen MR) is 74.9 cm³/mol. The minimum atomic E-state index is -2.86. The zero-order chi connectivity index (χ0) is 14.5. The van der Waals surface area contributed by atoms with Crippen LogP contribution in [-0.4, -0.2) is 22.9 Å². The number of carbonyl (C=O) groups is 2. The largest absolute Gasteiger partial charge is 0.463 e. The Hall–Kier alpha value is -1.20. The van der Waals surface area contributed by atoms with Crippen LogP contribution < -0.4 is 0 Å². The van der Waals surface area contributed by atoms with Crippen LogP contribution in [0.4, 0.5) is 4.39 Å². The van der Waals surface area contributed by atoms with Gasteiger partial charge in [-0.3, -0.25) is 4.79 Å². The molecule has 0 aromatic heterocycles. The minimum Gasteiger partial charge on any atom is -0.463 e. The van der Waals surface area contributed by atoms with Gasteiger partial charge in [-0.25, -0.2) is 9.18 Å². The fraction of sp³-hybridized carbons (Fsp3) is 0.231. The lowest BCUT2D eigenvalue weighted by molar-refractivity contribution is -0.153. The first kappa shape index (κ1) is 15.9. The third-order valence-corrected chi connectivity index (χ3v) is 3.10. The Labute approximate surface area is 123 Å². The summed E-state index contributed by atoms with van der Waals surface area (Å²) >= 11 is 8.14. The smallest absolute Gasteiger partial charge is 0.363 e. The summed E-state index contributed by atoms with van der Waals surface area (Å²) in [4.78, 5) is 22.8. The first-order chi connectivity index (χ1) is 8.87. The van der Waals surface area contributed by atoms with Crippen molar-refractivity contribution in [3.05, 3.63) is 40.9 Å². The second kappa shape index (κ2) is 6.82. The van der Waals surface area contributed by atoms with Gasteiger partial charge in [0.05, 0.1) is 6.61 Å². The summed E-state index contributed by atoms with van der Waals surface area (Å²) in [7, 11) is 0. The highest BCUT2D eigenvalue weighted by Crippen LogP contribution is 2.24. The van der Waals surface area contributed by atoms with E-state index in [1.807, 2.05) is 0 Å². The van der Waals surface area contributed by atoms with E-state index in [1.54, 1.807) is 24.3 Å². The molecule has 1 unspecified atom stereocenters. The molecule has 0 spiro atoms. The topological polar surface area (TPSA) is 43.4 Å². The maximum absolute atomic E-state index is 13.9. The number of allylic oxidation sites excluding steroid dienone is 1. The van der Waals surface area contributed by atoms with E-state index in [9.17, 15) is 14.0 Å². The van der Waals surface area contributed by atoms with E-state index in [2.05, 4.69) is 20.7 Å². The average molecular weight is 350 g/mol. The summed E-state index contributed by atoms with van der Waals surface area (Å²) in [5.74, 6) is -2.30. The SMILES string of the molecule is CCOC(=O)C(F)(Br)C(=O)C=Cc1ccc(Cl)cc1. The van der Waals surface area contributed by atoms with Gasteiger partial charge in [0.2, 0.25) is 5.78 Å². The fourth-order valence-corrected chi connectivity index (χ4v) is 1.55. The summed E-state index contributed by atoms with van der Waals surface area (Å²) in [6, 6.07) is 6.58. The molecule has 0 amide bonds. The number of ether oxygens (including phenoxy) is 1. The Kier molecular flexibility index (Phi) is 5.69. The highest BCUT2D eigenvalue weighted by molar-refractivity contribution is 9.10. The van der Waals surface area contributed by atoms with Crippen LogP contribution in [0, 0.1) is 0 Å². The molecule has 6 heteroatoms. The molecule has 3 nitrogen and oxygen atoms in total. The van der Waals surface area contributed by atoms with Gasteiger partial charge in [0.25, 0.3) is 0 Å². The Morgan fingerprint density at radius 1 is 1.42 bits per heavy atom. The molecule has 1 atom stereocenters. The summed E-state index contributed by atoms with van der Waals surface area (Å²) < 4.78 is 15.5. The number of rotatable bonds is 5. The lowest BCUT2D eigenvalue weighted by Gasteiger charge is -2.12. The molecule has 1 rings (SSSR count). The minimum absolute atomic E-state index is 0.00964. The number of hydrogen-bond donors (Lipinski definition) is 0. The molecule has 0 N–H and O–H groups in total. The number of halogens is 3. The number of carbonyl (C=O) groups excluding carboxylic acids is 2. The van der Waals surface area contributed by atoms with Crippen molar-refractivity contribution in [1.29, 1.82) is 0 Å². The molecule has 0 aliphatic heterocycles. The Morgan fingerprint density at radius 2 is 2.00 bits per heavy atom. The standard InChI is InChI=1S/C13H11BrClFO3/c1-2-19-12(18)13(14,16)11(17)8-5-9-3-6-10(15)7-4-9/h3-8H,2H2,1H3. The molecule has 19 heavy (non-hydrogen) atoms. The van der Waals surface area contributed by atoms with Crippen molar-refractivity contribution < 1.29 is 18.7 Å². The van der Waals surface area contributed by atoms with E-state index in [-0.39, 0.29) is 6.61 Å². The van der Waals surface area contributed by atoms with E-state index in [0.717, 1.165) is 6.08 Å².